The normalized spacial score (nSPS) is 11.2. The molecule has 14 heavy (non-hydrogen) atoms. The maximum Gasteiger partial charge on any atom is 0.107 e. The first kappa shape index (κ1) is 12.5. The van der Waals surface area contributed by atoms with Crippen molar-refractivity contribution in [3.63, 3.8) is 0 Å². The van der Waals surface area contributed by atoms with Crippen molar-refractivity contribution in [1.29, 1.82) is 0 Å². The van der Waals surface area contributed by atoms with Crippen molar-refractivity contribution >= 4 is 38.9 Å². The van der Waals surface area contributed by atoms with E-state index in [-0.39, 0.29) is 0 Å². The molecule has 1 N–H and O–H groups in total. The molecule has 0 aliphatic rings. The lowest BCUT2D eigenvalue weighted by Crippen LogP contribution is -2.21. The van der Waals surface area contributed by atoms with E-state index >= 15 is 0 Å². The molecule has 0 atom stereocenters. The first-order valence-electron chi connectivity index (χ1n) is 4.74. The van der Waals surface area contributed by atoms with Crippen LogP contribution in [-0.2, 0) is 6.42 Å². The molecule has 4 heteroatoms. The summed E-state index contributed by atoms with van der Waals surface area (Å²) in [5.74, 6) is 0.716. The third kappa shape index (κ3) is 4.30. The molecule has 0 spiro atoms. The molecule has 1 heterocycles. The summed E-state index contributed by atoms with van der Waals surface area (Å²) in [6.07, 6.45) is 1.06. The quantitative estimate of drug-likeness (QED) is 0.811. The van der Waals surface area contributed by atoms with Crippen molar-refractivity contribution in [2.24, 2.45) is 5.92 Å². The van der Waals surface area contributed by atoms with Gasteiger partial charge in [-0.15, -0.1) is 11.3 Å². The zero-order valence-corrected chi connectivity index (χ0v) is 11.6. The summed E-state index contributed by atoms with van der Waals surface area (Å²) in [7, 11) is 0. The van der Waals surface area contributed by atoms with Crippen molar-refractivity contribution in [2.45, 2.75) is 20.3 Å². The first-order chi connectivity index (χ1) is 6.59. The zero-order chi connectivity index (χ0) is 10.6. The number of hydrogen-bond donors (Lipinski definition) is 1. The Labute approximate surface area is 103 Å². The molecule has 0 unspecified atom stereocenters. The minimum Gasteiger partial charge on any atom is -0.316 e. The summed E-state index contributed by atoms with van der Waals surface area (Å²) in [6.45, 7) is 6.54. The molecule has 0 bridgehead atoms. The lowest BCUT2D eigenvalue weighted by Gasteiger charge is -2.05. The van der Waals surface area contributed by atoms with E-state index in [4.69, 9.17) is 11.6 Å². The maximum absolute atomic E-state index is 5.94. The van der Waals surface area contributed by atoms with Gasteiger partial charge in [-0.25, -0.2) is 0 Å². The van der Waals surface area contributed by atoms with Crippen molar-refractivity contribution in [2.75, 3.05) is 13.1 Å². The molecule has 0 radical (unpaired) electrons. The van der Waals surface area contributed by atoms with Crippen molar-refractivity contribution < 1.29 is 0 Å². The van der Waals surface area contributed by atoms with Gasteiger partial charge in [-0.05, 0) is 47.4 Å². The van der Waals surface area contributed by atoms with Crippen LogP contribution in [0.3, 0.4) is 0 Å². The van der Waals surface area contributed by atoms with Gasteiger partial charge in [0.1, 0.15) is 4.34 Å². The SMILES string of the molecule is CC(C)CNCCc1cc(Br)c(Cl)s1. The van der Waals surface area contributed by atoms with Gasteiger partial charge in [0.2, 0.25) is 0 Å². The van der Waals surface area contributed by atoms with Gasteiger partial charge in [-0.3, -0.25) is 0 Å². The van der Waals surface area contributed by atoms with E-state index < -0.39 is 0 Å². The zero-order valence-electron chi connectivity index (χ0n) is 8.44. The Morgan fingerprint density at radius 2 is 2.29 bits per heavy atom. The summed E-state index contributed by atoms with van der Waals surface area (Å²) in [5, 5.41) is 3.41. The highest BCUT2D eigenvalue weighted by Crippen LogP contribution is 2.31. The van der Waals surface area contributed by atoms with Crippen LogP contribution in [0.5, 0.6) is 0 Å². The third-order valence-corrected chi connectivity index (χ3v) is 4.33. The van der Waals surface area contributed by atoms with Crippen LogP contribution in [-0.4, -0.2) is 13.1 Å². The van der Waals surface area contributed by atoms with Crippen LogP contribution in [0.25, 0.3) is 0 Å². The van der Waals surface area contributed by atoms with Crippen LogP contribution in [0.2, 0.25) is 4.34 Å². The standard InChI is InChI=1S/C10H15BrClNS/c1-7(2)6-13-4-3-8-5-9(11)10(12)14-8/h5,7,13H,3-4,6H2,1-2H3. The number of rotatable bonds is 5. The van der Waals surface area contributed by atoms with Gasteiger partial charge < -0.3 is 5.32 Å². The Kier molecular flexibility index (Phi) is 5.45. The van der Waals surface area contributed by atoms with Gasteiger partial charge in [0, 0.05) is 9.35 Å². The van der Waals surface area contributed by atoms with Crippen LogP contribution in [0, 0.1) is 5.92 Å². The summed E-state index contributed by atoms with van der Waals surface area (Å²) in [4.78, 5) is 1.33. The van der Waals surface area contributed by atoms with E-state index in [1.807, 2.05) is 0 Å². The minimum atomic E-state index is 0.716. The molecule has 0 aromatic carbocycles. The molecule has 0 fully saturated rings. The fourth-order valence-electron chi connectivity index (χ4n) is 1.12. The Morgan fingerprint density at radius 3 is 2.79 bits per heavy atom. The second-order valence-corrected chi connectivity index (χ2v) is 6.28. The molecule has 1 aromatic rings. The molecule has 1 aromatic heterocycles. The summed E-state index contributed by atoms with van der Waals surface area (Å²) < 4.78 is 1.87. The maximum atomic E-state index is 5.94. The molecular formula is C10H15BrClNS. The van der Waals surface area contributed by atoms with Crippen LogP contribution < -0.4 is 5.32 Å². The van der Waals surface area contributed by atoms with E-state index in [0.29, 0.717) is 5.92 Å². The Bertz CT molecular complexity index is 266. The van der Waals surface area contributed by atoms with E-state index in [1.54, 1.807) is 11.3 Å². The Hall–Kier alpha value is 0.430. The topological polar surface area (TPSA) is 12.0 Å². The van der Waals surface area contributed by atoms with Crippen LogP contribution in [0.15, 0.2) is 10.5 Å². The van der Waals surface area contributed by atoms with E-state index in [0.717, 1.165) is 28.3 Å². The smallest absolute Gasteiger partial charge is 0.107 e. The molecule has 0 aliphatic carbocycles. The monoisotopic (exact) mass is 295 g/mol. The largest absolute Gasteiger partial charge is 0.316 e. The first-order valence-corrected chi connectivity index (χ1v) is 6.72. The fraction of sp³-hybridized carbons (Fsp3) is 0.600. The molecule has 0 saturated carbocycles. The number of nitrogens with one attached hydrogen (secondary N) is 1. The summed E-state index contributed by atoms with van der Waals surface area (Å²) in [5.41, 5.74) is 0. The van der Waals surface area contributed by atoms with Gasteiger partial charge in [-0.1, -0.05) is 25.4 Å². The van der Waals surface area contributed by atoms with Gasteiger partial charge in [0.25, 0.3) is 0 Å². The van der Waals surface area contributed by atoms with E-state index in [9.17, 15) is 0 Å². The van der Waals surface area contributed by atoms with Crippen LogP contribution in [0.4, 0.5) is 0 Å². The Balaban J connectivity index is 2.25. The molecule has 0 saturated heterocycles. The molecule has 80 valence electrons. The second kappa shape index (κ2) is 6.11. The predicted molar refractivity (Wildman–Crippen MR) is 68.4 cm³/mol. The van der Waals surface area contributed by atoms with Crippen molar-refractivity contribution in [1.82, 2.24) is 5.32 Å². The number of halogens is 2. The van der Waals surface area contributed by atoms with Gasteiger partial charge >= 0.3 is 0 Å². The van der Waals surface area contributed by atoms with Gasteiger partial charge in [0.15, 0.2) is 0 Å². The minimum absolute atomic E-state index is 0.716. The lowest BCUT2D eigenvalue weighted by atomic mass is 10.2. The second-order valence-electron chi connectivity index (χ2n) is 3.68. The molecule has 1 rings (SSSR count). The summed E-state index contributed by atoms with van der Waals surface area (Å²) in [6, 6.07) is 2.10. The molecule has 1 nitrogen and oxygen atoms in total. The molecule has 0 aliphatic heterocycles. The van der Waals surface area contributed by atoms with Crippen LogP contribution in [0.1, 0.15) is 18.7 Å². The van der Waals surface area contributed by atoms with Gasteiger partial charge in [-0.2, -0.15) is 0 Å². The highest BCUT2D eigenvalue weighted by atomic mass is 79.9. The lowest BCUT2D eigenvalue weighted by molar-refractivity contribution is 0.555. The third-order valence-electron chi connectivity index (χ3n) is 1.80. The Morgan fingerprint density at radius 1 is 1.57 bits per heavy atom. The van der Waals surface area contributed by atoms with Crippen molar-refractivity contribution in [3.8, 4) is 0 Å². The average molecular weight is 297 g/mol. The molecule has 0 amide bonds. The van der Waals surface area contributed by atoms with Crippen molar-refractivity contribution in [3.05, 3.63) is 19.8 Å². The van der Waals surface area contributed by atoms with Gasteiger partial charge in [0.05, 0.1) is 0 Å². The fourth-order valence-corrected chi connectivity index (χ4v) is 2.91. The van der Waals surface area contributed by atoms with Crippen LogP contribution >= 0.6 is 38.9 Å². The highest BCUT2D eigenvalue weighted by molar-refractivity contribution is 9.10. The summed E-state index contributed by atoms with van der Waals surface area (Å²) >= 11 is 11.0. The molecular weight excluding hydrogens is 282 g/mol. The highest BCUT2D eigenvalue weighted by Gasteiger charge is 2.03. The number of hydrogen-bond acceptors (Lipinski definition) is 2. The van der Waals surface area contributed by atoms with E-state index in [1.165, 1.54) is 4.88 Å². The average Bonchev–Trinajstić information content (AvgIpc) is 2.40. The predicted octanol–water partition coefficient (Wildman–Crippen LogP) is 3.95. The van der Waals surface area contributed by atoms with E-state index in [2.05, 4.69) is 41.2 Å². The number of thiophene rings is 1.